The zero-order valence-corrected chi connectivity index (χ0v) is 38.0. The normalized spacial score (nSPS) is 21.6. The van der Waals surface area contributed by atoms with E-state index in [1.165, 1.54) is 6.92 Å². The van der Waals surface area contributed by atoms with Crippen LogP contribution in [0.25, 0.3) is 0 Å². The summed E-state index contributed by atoms with van der Waals surface area (Å²) in [6, 6.07) is -3.86. The fourth-order valence-electron chi connectivity index (χ4n) is 6.91. The summed E-state index contributed by atoms with van der Waals surface area (Å²) in [5, 5.41) is 30.3. The number of rotatable bonds is 22. The number of hydrogen-bond acceptors (Lipinski definition) is 12. The first kappa shape index (κ1) is 54.5. The molecular formula is C43H71N11O10. The van der Waals surface area contributed by atoms with E-state index in [4.69, 9.17) is 17.2 Å². The molecule has 21 nitrogen and oxygen atoms in total. The lowest BCUT2D eigenvalue weighted by molar-refractivity contribution is -0.138. The van der Waals surface area contributed by atoms with Gasteiger partial charge in [-0.15, -0.1) is 0 Å². The lowest BCUT2D eigenvalue weighted by Gasteiger charge is -2.30. The third-order valence-corrected chi connectivity index (χ3v) is 10.3. The summed E-state index contributed by atoms with van der Waals surface area (Å²) in [6.45, 7) is 11.4. The van der Waals surface area contributed by atoms with Crippen molar-refractivity contribution in [2.24, 2.45) is 35.0 Å². The van der Waals surface area contributed by atoms with Crippen molar-refractivity contribution in [3.63, 3.8) is 0 Å². The molecule has 9 amide bonds. The number of amides is 9. The van der Waals surface area contributed by atoms with E-state index in [0.717, 1.165) is 5.56 Å². The van der Waals surface area contributed by atoms with Crippen molar-refractivity contribution in [3.05, 3.63) is 35.9 Å². The highest BCUT2D eigenvalue weighted by Gasteiger charge is 2.41. The van der Waals surface area contributed by atoms with Gasteiger partial charge in [0.2, 0.25) is 53.2 Å². The maximum absolute atomic E-state index is 13.9. The minimum Gasteiger partial charge on any atom is -0.394 e. The molecule has 1 fully saturated rings. The molecule has 1 heterocycles. The SMILES string of the molecule is CC(C)C[C@@H]1NC(=O)[C@H](C)NC(=O)[C@H](NC(=O)[C@H](CO)NC(=O)[C@@H](CCCCN)NC(=O)[C@@H](CC(C)C)NC(=O)[C@@H](N)Cc2ccccc2)[C@H](C(N)=O)NC(=O)[C@H](CC(C)C)NC1=O. The lowest BCUT2D eigenvalue weighted by atomic mass is 9.99. The van der Waals surface area contributed by atoms with Crippen LogP contribution >= 0.6 is 0 Å². The van der Waals surface area contributed by atoms with Gasteiger partial charge in [0.25, 0.3) is 0 Å². The first-order valence-electron chi connectivity index (χ1n) is 21.9. The molecular weight excluding hydrogens is 831 g/mol. The van der Waals surface area contributed by atoms with Crippen LogP contribution in [0.2, 0.25) is 0 Å². The third-order valence-electron chi connectivity index (χ3n) is 10.3. The molecule has 1 aliphatic rings. The zero-order valence-electron chi connectivity index (χ0n) is 38.0. The molecule has 21 heteroatoms. The summed E-state index contributed by atoms with van der Waals surface area (Å²) in [6.07, 6.45) is 1.46. The molecule has 0 aromatic heterocycles. The molecule has 1 aliphatic heterocycles. The predicted molar refractivity (Wildman–Crippen MR) is 237 cm³/mol. The van der Waals surface area contributed by atoms with Crippen molar-refractivity contribution in [3.8, 4) is 0 Å². The van der Waals surface area contributed by atoms with E-state index in [2.05, 4.69) is 42.5 Å². The van der Waals surface area contributed by atoms with Crippen molar-refractivity contribution in [1.82, 2.24) is 42.5 Å². The second kappa shape index (κ2) is 26.8. The number of hydrogen-bond donors (Lipinski definition) is 12. The zero-order chi connectivity index (χ0) is 48.3. The van der Waals surface area contributed by atoms with Gasteiger partial charge in [-0.2, -0.15) is 0 Å². The first-order chi connectivity index (χ1) is 30.1. The predicted octanol–water partition coefficient (Wildman–Crippen LogP) is -2.79. The summed E-state index contributed by atoms with van der Waals surface area (Å²) < 4.78 is 0. The van der Waals surface area contributed by atoms with Crippen LogP contribution in [0.4, 0.5) is 0 Å². The fraction of sp³-hybridized carbons (Fsp3) is 0.651. The summed E-state index contributed by atoms with van der Waals surface area (Å²) in [7, 11) is 0. The molecule has 0 bridgehead atoms. The van der Waals surface area contributed by atoms with E-state index in [9.17, 15) is 48.3 Å². The Bertz CT molecular complexity index is 1760. The summed E-state index contributed by atoms with van der Waals surface area (Å²) in [4.78, 5) is 122. The molecule has 0 spiro atoms. The monoisotopic (exact) mass is 902 g/mol. The Morgan fingerprint density at radius 2 is 1.20 bits per heavy atom. The highest BCUT2D eigenvalue weighted by atomic mass is 16.3. The molecule has 9 atom stereocenters. The van der Waals surface area contributed by atoms with Gasteiger partial charge in [-0.25, -0.2) is 0 Å². The second-order valence-electron chi connectivity index (χ2n) is 17.6. The van der Waals surface area contributed by atoms with E-state index in [0.29, 0.717) is 12.8 Å². The van der Waals surface area contributed by atoms with Crippen molar-refractivity contribution in [2.75, 3.05) is 13.2 Å². The van der Waals surface area contributed by atoms with Gasteiger partial charge < -0.3 is 64.8 Å². The van der Waals surface area contributed by atoms with Crippen LogP contribution < -0.4 is 59.7 Å². The van der Waals surface area contributed by atoms with Crippen LogP contribution in [-0.2, 0) is 49.6 Å². The Morgan fingerprint density at radius 1 is 0.672 bits per heavy atom. The van der Waals surface area contributed by atoms with Gasteiger partial charge in [0.05, 0.1) is 12.6 Å². The molecule has 64 heavy (non-hydrogen) atoms. The third kappa shape index (κ3) is 18.2. The number of nitrogens with one attached hydrogen (secondary N) is 8. The van der Waals surface area contributed by atoms with Gasteiger partial charge in [0, 0.05) is 0 Å². The summed E-state index contributed by atoms with van der Waals surface area (Å²) in [5.41, 5.74) is 18.4. The van der Waals surface area contributed by atoms with E-state index in [-0.39, 0.29) is 56.4 Å². The first-order valence-corrected chi connectivity index (χ1v) is 21.9. The molecule has 0 saturated carbocycles. The van der Waals surface area contributed by atoms with Crippen molar-refractivity contribution in [1.29, 1.82) is 0 Å². The highest BCUT2D eigenvalue weighted by molar-refractivity contribution is 6.02. The van der Waals surface area contributed by atoms with E-state index < -0.39 is 114 Å². The topological polar surface area (TPSA) is 348 Å². The Morgan fingerprint density at radius 3 is 1.73 bits per heavy atom. The molecule has 0 aliphatic carbocycles. The number of carbonyl (C=O) groups is 9. The average molecular weight is 902 g/mol. The molecule has 15 N–H and O–H groups in total. The number of benzene rings is 1. The number of aliphatic hydroxyl groups is 1. The summed E-state index contributed by atoms with van der Waals surface area (Å²) in [5.74, 6) is -8.61. The number of aliphatic hydroxyl groups excluding tert-OH is 1. The van der Waals surface area contributed by atoms with E-state index in [1.807, 2.05) is 58.0 Å². The van der Waals surface area contributed by atoms with Gasteiger partial charge in [0.15, 0.2) is 0 Å². The molecule has 1 aromatic rings. The van der Waals surface area contributed by atoms with Gasteiger partial charge in [-0.05, 0) is 81.7 Å². The summed E-state index contributed by atoms with van der Waals surface area (Å²) >= 11 is 0. The van der Waals surface area contributed by atoms with Crippen molar-refractivity contribution >= 4 is 53.2 Å². The largest absolute Gasteiger partial charge is 0.394 e. The Kier molecular flexibility index (Phi) is 22.8. The van der Waals surface area contributed by atoms with Gasteiger partial charge in [-0.1, -0.05) is 71.9 Å². The fourth-order valence-corrected chi connectivity index (χ4v) is 6.91. The maximum Gasteiger partial charge on any atom is 0.245 e. The minimum atomic E-state index is -2.02. The minimum absolute atomic E-state index is 0.0251. The number of primary amides is 1. The number of nitrogens with two attached hydrogens (primary N) is 3. The molecule has 358 valence electrons. The van der Waals surface area contributed by atoms with E-state index >= 15 is 0 Å². The Hall–Kier alpha value is -5.67. The quantitative estimate of drug-likeness (QED) is 0.0526. The Balaban J connectivity index is 2.42. The maximum atomic E-state index is 13.9. The lowest BCUT2D eigenvalue weighted by Crippen LogP contribution is -2.67. The average Bonchev–Trinajstić information content (AvgIpc) is 3.22. The van der Waals surface area contributed by atoms with Crippen LogP contribution in [0, 0.1) is 17.8 Å². The standard InChI is InChI=1S/C43H71N11O10/c1-22(2)17-29-40(61)51-31(19-24(5)6)41(62)53-33(35(46)56)34(43(64)47-25(7)36(57)49-29)54-42(63)32(21-55)52-38(59)28(15-11-12-16-44)48-39(60)30(18-23(3)4)50-37(58)27(45)20-26-13-9-8-10-14-26/h8-10,13-14,22-25,27-34,55H,11-12,15-21,44-45H2,1-7H3,(H2,46,56)(H,47,64)(H,48,60)(H,49,57)(H,50,58)(H,51,61)(H,52,59)(H,53,62)(H,54,63)/t25-,27-,28+,29-,30+,31-,32-,33+,34+/m0/s1. The molecule has 0 unspecified atom stereocenters. The van der Waals surface area contributed by atoms with Crippen molar-refractivity contribution < 1.29 is 48.3 Å². The molecule has 2 rings (SSSR count). The van der Waals surface area contributed by atoms with Crippen LogP contribution in [0.5, 0.6) is 0 Å². The Labute approximate surface area is 375 Å². The van der Waals surface area contributed by atoms with Crippen LogP contribution in [0.3, 0.4) is 0 Å². The van der Waals surface area contributed by atoms with Gasteiger partial charge in [-0.3, -0.25) is 43.2 Å². The smallest absolute Gasteiger partial charge is 0.245 e. The van der Waals surface area contributed by atoms with Crippen molar-refractivity contribution in [2.45, 2.75) is 148 Å². The number of carbonyl (C=O) groups excluding carboxylic acids is 9. The van der Waals surface area contributed by atoms with E-state index in [1.54, 1.807) is 13.8 Å². The van der Waals surface area contributed by atoms with Crippen LogP contribution in [-0.4, -0.2) is 126 Å². The van der Waals surface area contributed by atoms with Gasteiger partial charge in [0.1, 0.15) is 48.3 Å². The molecule has 0 radical (unpaired) electrons. The van der Waals surface area contributed by atoms with Crippen LogP contribution in [0.15, 0.2) is 30.3 Å². The van der Waals surface area contributed by atoms with Crippen LogP contribution in [0.1, 0.15) is 92.6 Å². The molecule has 1 aromatic carbocycles. The molecule has 1 saturated heterocycles. The van der Waals surface area contributed by atoms with Gasteiger partial charge >= 0.3 is 0 Å². The number of unbranched alkanes of at least 4 members (excludes halogenated alkanes) is 1. The second-order valence-corrected chi connectivity index (χ2v) is 17.6. The highest BCUT2D eigenvalue weighted by Crippen LogP contribution is 2.13.